The SMILES string of the molecule is COCc1nc(N)cc(-c2ccc(Cl)c(OC)c2)n1. The van der Waals surface area contributed by atoms with Gasteiger partial charge in [-0.2, -0.15) is 0 Å². The maximum absolute atomic E-state index is 5.99. The Balaban J connectivity index is 2.46. The highest BCUT2D eigenvalue weighted by Crippen LogP contribution is 2.30. The first-order valence-electron chi connectivity index (χ1n) is 5.60. The lowest BCUT2D eigenvalue weighted by atomic mass is 10.1. The standard InChI is InChI=1S/C13H14ClN3O2/c1-18-7-13-16-10(6-12(15)17-13)8-3-4-9(14)11(5-8)19-2/h3-6H,7H2,1-2H3,(H2,15,16,17). The first-order chi connectivity index (χ1) is 9.13. The quantitative estimate of drug-likeness (QED) is 0.931. The number of ether oxygens (including phenoxy) is 2. The van der Waals surface area contributed by atoms with Crippen molar-refractivity contribution in [1.29, 1.82) is 0 Å². The summed E-state index contributed by atoms with van der Waals surface area (Å²) in [6.45, 7) is 0.308. The molecule has 0 spiro atoms. The molecule has 0 unspecified atom stereocenters. The molecule has 0 aliphatic rings. The molecule has 0 aliphatic carbocycles. The van der Waals surface area contributed by atoms with Crippen LogP contribution < -0.4 is 10.5 Å². The first kappa shape index (κ1) is 13.6. The van der Waals surface area contributed by atoms with Gasteiger partial charge < -0.3 is 15.2 Å². The summed E-state index contributed by atoms with van der Waals surface area (Å²) in [5, 5.41) is 0.547. The van der Waals surface area contributed by atoms with E-state index >= 15 is 0 Å². The number of nitrogen functional groups attached to an aromatic ring is 1. The van der Waals surface area contributed by atoms with Crippen molar-refractivity contribution in [2.24, 2.45) is 0 Å². The van der Waals surface area contributed by atoms with Crippen LogP contribution in [-0.2, 0) is 11.3 Å². The molecule has 2 N–H and O–H groups in total. The third kappa shape index (κ3) is 3.13. The Kier molecular flexibility index (Phi) is 4.19. The second-order valence-electron chi connectivity index (χ2n) is 3.88. The van der Waals surface area contributed by atoms with Crippen molar-refractivity contribution < 1.29 is 9.47 Å². The average molecular weight is 280 g/mol. The highest BCUT2D eigenvalue weighted by Gasteiger charge is 2.08. The Morgan fingerprint density at radius 1 is 1.21 bits per heavy atom. The largest absolute Gasteiger partial charge is 0.495 e. The van der Waals surface area contributed by atoms with Crippen molar-refractivity contribution in [1.82, 2.24) is 9.97 Å². The van der Waals surface area contributed by atoms with Gasteiger partial charge >= 0.3 is 0 Å². The number of hydrogen-bond acceptors (Lipinski definition) is 5. The minimum Gasteiger partial charge on any atom is -0.495 e. The van der Waals surface area contributed by atoms with E-state index < -0.39 is 0 Å². The van der Waals surface area contributed by atoms with Crippen molar-refractivity contribution >= 4 is 17.4 Å². The summed E-state index contributed by atoms with van der Waals surface area (Å²) in [5.74, 6) is 1.52. The van der Waals surface area contributed by atoms with Crippen LogP contribution in [0.25, 0.3) is 11.3 Å². The van der Waals surface area contributed by atoms with E-state index in [1.54, 1.807) is 32.4 Å². The molecule has 2 rings (SSSR count). The van der Waals surface area contributed by atoms with Crippen LogP contribution in [0.3, 0.4) is 0 Å². The molecule has 1 aromatic carbocycles. The molecule has 0 radical (unpaired) electrons. The fraction of sp³-hybridized carbons (Fsp3) is 0.231. The molecule has 0 amide bonds. The van der Waals surface area contributed by atoms with Crippen LogP contribution >= 0.6 is 11.6 Å². The van der Waals surface area contributed by atoms with Crippen molar-refractivity contribution in [3.8, 4) is 17.0 Å². The topological polar surface area (TPSA) is 70.3 Å². The normalized spacial score (nSPS) is 10.5. The fourth-order valence-corrected chi connectivity index (χ4v) is 1.87. The van der Waals surface area contributed by atoms with Crippen molar-refractivity contribution in [3.05, 3.63) is 35.1 Å². The molecule has 1 heterocycles. The van der Waals surface area contributed by atoms with E-state index in [4.69, 9.17) is 26.8 Å². The van der Waals surface area contributed by atoms with Gasteiger partial charge in [0, 0.05) is 18.7 Å². The Morgan fingerprint density at radius 2 is 2.00 bits per heavy atom. The van der Waals surface area contributed by atoms with Gasteiger partial charge in [0.25, 0.3) is 0 Å². The average Bonchev–Trinajstić information content (AvgIpc) is 2.39. The van der Waals surface area contributed by atoms with Crippen LogP contribution in [0.4, 0.5) is 5.82 Å². The summed E-state index contributed by atoms with van der Waals surface area (Å²) in [7, 11) is 3.15. The predicted molar refractivity (Wildman–Crippen MR) is 74.2 cm³/mol. The summed E-state index contributed by atoms with van der Waals surface area (Å²) >= 11 is 5.99. The van der Waals surface area contributed by atoms with Crippen LogP contribution in [0, 0.1) is 0 Å². The summed E-state index contributed by atoms with van der Waals surface area (Å²) in [4.78, 5) is 8.48. The minimum absolute atomic E-state index is 0.308. The van der Waals surface area contributed by atoms with Gasteiger partial charge in [-0.15, -0.1) is 0 Å². The summed E-state index contributed by atoms with van der Waals surface area (Å²) in [6.07, 6.45) is 0. The summed E-state index contributed by atoms with van der Waals surface area (Å²) < 4.78 is 10.2. The second kappa shape index (κ2) is 5.86. The van der Waals surface area contributed by atoms with E-state index in [1.165, 1.54) is 0 Å². The molecule has 100 valence electrons. The summed E-state index contributed by atoms with van der Waals surface area (Å²) in [6, 6.07) is 7.11. The molecule has 0 bridgehead atoms. The van der Waals surface area contributed by atoms with E-state index in [2.05, 4.69) is 9.97 Å². The number of nitrogens with zero attached hydrogens (tertiary/aromatic N) is 2. The number of halogens is 1. The summed E-state index contributed by atoms with van der Waals surface area (Å²) in [5.41, 5.74) is 7.32. The maximum Gasteiger partial charge on any atom is 0.157 e. The number of aromatic nitrogens is 2. The molecular weight excluding hydrogens is 266 g/mol. The van der Waals surface area contributed by atoms with E-state index in [1.807, 2.05) is 6.07 Å². The second-order valence-corrected chi connectivity index (χ2v) is 4.28. The Bertz CT molecular complexity index is 590. The van der Waals surface area contributed by atoms with E-state index in [0.29, 0.717) is 34.7 Å². The zero-order valence-electron chi connectivity index (χ0n) is 10.7. The van der Waals surface area contributed by atoms with Gasteiger partial charge in [-0.3, -0.25) is 0 Å². The first-order valence-corrected chi connectivity index (χ1v) is 5.98. The number of nitrogens with two attached hydrogens (primary N) is 1. The number of hydrogen-bond donors (Lipinski definition) is 1. The predicted octanol–water partition coefficient (Wildman–Crippen LogP) is 2.53. The highest BCUT2D eigenvalue weighted by atomic mass is 35.5. The Hall–Kier alpha value is -1.85. The molecule has 5 nitrogen and oxygen atoms in total. The van der Waals surface area contributed by atoms with Crippen molar-refractivity contribution in [3.63, 3.8) is 0 Å². The van der Waals surface area contributed by atoms with Gasteiger partial charge in [-0.25, -0.2) is 9.97 Å². The number of benzene rings is 1. The molecule has 0 atom stereocenters. The lowest BCUT2D eigenvalue weighted by Gasteiger charge is -2.08. The smallest absolute Gasteiger partial charge is 0.157 e. The third-order valence-electron chi connectivity index (χ3n) is 2.51. The molecule has 0 saturated heterocycles. The molecule has 19 heavy (non-hydrogen) atoms. The van der Waals surface area contributed by atoms with Gasteiger partial charge in [0.2, 0.25) is 0 Å². The number of methoxy groups -OCH3 is 2. The van der Waals surface area contributed by atoms with Gasteiger partial charge in [0.1, 0.15) is 18.2 Å². The van der Waals surface area contributed by atoms with Crippen LogP contribution in [0.5, 0.6) is 5.75 Å². The van der Waals surface area contributed by atoms with Gasteiger partial charge in [0.15, 0.2) is 5.82 Å². The molecule has 0 aliphatic heterocycles. The van der Waals surface area contributed by atoms with E-state index in [0.717, 1.165) is 5.56 Å². The lowest BCUT2D eigenvalue weighted by Crippen LogP contribution is -2.02. The van der Waals surface area contributed by atoms with Crippen LogP contribution in [0.1, 0.15) is 5.82 Å². The molecule has 1 aromatic heterocycles. The number of anilines is 1. The molecule has 2 aromatic rings. The fourth-order valence-electron chi connectivity index (χ4n) is 1.68. The molecule has 0 fully saturated rings. The van der Waals surface area contributed by atoms with E-state index in [9.17, 15) is 0 Å². The molecule has 0 saturated carbocycles. The molecular formula is C13H14ClN3O2. The van der Waals surface area contributed by atoms with Gasteiger partial charge in [-0.1, -0.05) is 17.7 Å². The number of rotatable bonds is 4. The zero-order valence-corrected chi connectivity index (χ0v) is 11.4. The maximum atomic E-state index is 5.99. The minimum atomic E-state index is 0.308. The highest BCUT2D eigenvalue weighted by molar-refractivity contribution is 6.32. The Morgan fingerprint density at radius 3 is 2.68 bits per heavy atom. The van der Waals surface area contributed by atoms with Crippen LogP contribution in [0.2, 0.25) is 5.02 Å². The van der Waals surface area contributed by atoms with Crippen LogP contribution in [0.15, 0.2) is 24.3 Å². The van der Waals surface area contributed by atoms with Gasteiger partial charge in [0.05, 0.1) is 17.8 Å². The van der Waals surface area contributed by atoms with E-state index in [-0.39, 0.29) is 0 Å². The lowest BCUT2D eigenvalue weighted by molar-refractivity contribution is 0.178. The van der Waals surface area contributed by atoms with Gasteiger partial charge in [-0.05, 0) is 12.1 Å². The Labute approximate surface area is 116 Å². The molecule has 6 heteroatoms. The zero-order chi connectivity index (χ0) is 13.8. The monoisotopic (exact) mass is 279 g/mol. The third-order valence-corrected chi connectivity index (χ3v) is 2.82. The van der Waals surface area contributed by atoms with Crippen LogP contribution in [-0.4, -0.2) is 24.2 Å². The van der Waals surface area contributed by atoms with Crippen molar-refractivity contribution in [2.75, 3.05) is 20.0 Å². The van der Waals surface area contributed by atoms with Crippen molar-refractivity contribution in [2.45, 2.75) is 6.61 Å².